The molecular weight excluding hydrogens is 292 g/mol. The molecule has 5 nitrogen and oxygen atoms in total. The fourth-order valence-corrected chi connectivity index (χ4v) is 2.54. The number of benzene rings is 1. The molecule has 0 saturated heterocycles. The minimum absolute atomic E-state index is 0.0923. The Kier molecular flexibility index (Phi) is 4.37. The lowest BCUT2D eigenvalue weighted by atomic mass is 10.2. The first kappa shape index (κ1) is 15.2. The van der Waals surface area contributed by atoms with Gasteiger partial charge in [0.2, 0.25) is 5.43 Å². The number of hydrogen-bond donors (Lipinski definition) is 1. The van der Waals surface area contributed by atoms with Crippen LogP contribution < -0.4 is 14.9 Å². The van der Waals surface area contributed by atoms with Crippen molar-refractivity contribution < 1.29 is 9.47 Å². The number of aromatic amines is 1. The number of pyridine rings is 1. The molecule has 0 unspecified atom stereocenters. The van der Waals surface area contributed by atoms with E-state index in [2.05, 4.69) is 9.55 Å². The van der Waals surface area contributed by atoms with Crippen LogP contribution in [0.25, 0.3) is 10.9 Å². The zero-order chi connectivity index (χ0) is 16.2. The molecule has 0 fully saturated rings. The van der Waals surface area contributed by atoms with Crippen LogP contribution in [0.2, 0.25) is 0 Å². The molecule has 0 aliphatic heterocycles. The number of hydrogen-bond acceptors (Lipinski definition) is 3. The third-order valence-corrected chi connectivity index (χ3v) is 3.72. The summed E-state index contributed by atoms with van der Waals surface area (Å²) < 4.78 is 12.7. The van der Waals surface area contributed by atoms with E-state index >= 15 is 0 Å². The number of fused-ring (bicyclic) bond motifs is 1. The highest BCUT2D eigenvalue weighted by molar-refractivity contribution is 5.81. The van der Waals surface area contributed by atoms with Crippen LogP contribution in [0.1, 0.15) is 19.0 Å². The zero-order valence-corrected chi connectivity index (χ0v) is 13.3. The van der Waals surface area contributed by atoms with Crippen LogP contribution in [0.3, 0.4) is 0 Å². The largest absolute Gasteiger partial charge is 0.497 e. The highest BCUT2D eigenvalue weighted by Crippen LogP contribution is 2.22. The first-order valence-electron chi connectivity index (χ1n) is 7.68. The Morgan fingerprint density at radius 3 is 2.83 bits per heavy atom. The maximum absolute atomic E-state index is 12.1. The SMILES string of the molecule is CCCOc1c[nH]c(Cn2ccc3cc(OC)ccc32)cc1=O. The first-order chi connectivity index (χ1) is 11.2. The summed E-state index contributed by atoms with van der Waals surface area (Å²) in [7, 11) is 1.66. The van der Waals surface area contributed by atoms with Gasteiger partial charge in [-0.25, -0.2) is 0 Å². The van der Waals surface area contributed by atoms with Gasteiger partial charge in [0.25, 0.3) is 0 Å². The fraction of sp³-hybridized carbons (Fsp3) is 0.278. The van der Waals surface area contributed by atoms with Crippen molar-refractivity contribution in [1.29, 1.82) is 0 Å². The molecule has 120 valence electrons. The Morgan fingerprint density at radius 2 is 2.09 bits per heavy atom. The third-order valence-electron chi connectivity index (χ3n) is 3.72. The Balaban J connectivity index is 1.84. The molecule has 0 aliphatic rings. The summed E-state index contributed by atoms with van der Waals surface area (Å²) in [6.45, 7) is 3.15. The number of H-pyrrole nitrogens is 1. The van der Waals surface area contributed by atoms with Crippen molar-refractivity contribution in [3.05, 3.63) is 58.6 Å². The molecule has 0 saturated carbocycles. The molecule has 0 atom stereocenters. The molecule has 0 amide bonds. The predicted octanol–water partition coefficient (Wildman–Crippen LogP) is 3.18. The van der Waals surface area contributed by atoms with E-state index in [1.54, 1.807) is 19.4 Å². The number of ether oxygens (including phenoxy) is 2. The van der Waals surface area contributed by atoms with E-state index in [4.69, 9.17) is 9.47 Å². The summed E-state index contributed by atoms with van der Waals surface area (Å²) >= 11 is 0. The van der Waals surface area contributed by atoms with Crippen molar-refractivity contribution in [2.75, 3.05) is 13.7 Å². The van der Waals surface area contributed by atoms with Crippen molar-refractivity contribution in [1.82, 2.24) is 9.55 Å². The molecule has 2 heterocycles. The molecule has 0 spiro atoms. The average molecular weight is 312 g/mol. The zero-order valence-electron chi connectivity index (χ0n) is 13.3. The molecule has 0 aliphatic carbocycles. The van der Waals surface area contributed by atoms with Crippen LogP contribution in [0, 0.1) is 0 Å². The van der Waals surface area contributed by atoms with E-state index in [1.807, 2.05) is 37.4 Å². The molecule has 5 heteroatoms. The lowest BCUT2D eigenvalue weighted by Gasteiger charge is -2.08. The lowest BCUT2D eigenvalue weighted by Crippen LogP contribution is -2.11. The van der Waals surface area contributed by atoms with Gasteiger partial charge >= 0.3 is 0 Å². The molecule has 3 aromatic rings. The van der Waals surface area contributed by atoms with Crippen molar-refractivity contribution in [2.45, 2.75) is 19.9 Å². The van der Waals surface area contributed by atoms with E-state index in [9.17, 15) is 4.79 Å². The summed E-state index contributed by atoms with van der Waals surface area (Å²) in [5.74, 6) is 1.21. The standard InChI is InChI=1S/C18H20N2O3/c1-3-8-23-18-11-19-14(10-17(18)21)12-20-7-6-13-9-15(22-2)4-5-16(13)20/h4-7,9-11H,3,8,12H2,1-2H3,(H,19,21). The molecule has 0 bridgehead atoms. The molecule has 0 radical (unpaired) electrons. The van der Waals surface area contributed by atoms with Gasteiger partial charge in [-0.2, -0.15) is 0 Å². The van der Waals surface area contributed by atoms with Crippen molar-refractivity contribution in [3.8, 4) is 11.5 Å². The second-order valence-corrected chi connectivity index (χ2v) is 5.40. The monoisotopic (exact) mass is 312 g/mol. The maximum Gasteiger partial charge on any atom is 0.223 e. The number of nitrogens with zero attached hydrogens (tertiary/aromatic N) is 1. The summed E-state index contributed by atoms with van der Waals surface area (Å²) in [6.07, 6.45) is 4.52. The van der Waals surface area contributed by atoms with E-state index in [-0.39, 0.29) is 5.43 Å². The molecule has 1 aromatic carbocycles. The number of rotatable bonds is 6. The number of nitrogens with one attached hydrogen (secondary N) is 1. The molecular formula is C18H20N2O3. The van der Waals surface area contributed by atoms with Crippen LogP contribution in [0.15, 0.2) is 47.5 Å². The van der Waals surface area contributed by atoms with Gasteiger partial charge in [0.1, 0.15) is 5.75 Å². The van der Waals surface area contributed by atoms with Gasteiger partial charge in [-0.1, -0.05) is 6.92 Å². The Morgan fingerprint density at radius 1 is 1.22 bits per heavy atom. The highest BCUT2D eigenvalue weighted by Gasteiger charge is 2.06. The number of methoxy groups -OCH3 is 1. The normalized spacial score (nSPS) is 10.9. The van der Waals surface area contributed by atoms with Gasteiger partial charge in [-0.05, 0) is 30.7 Å². The van der Waals surface area contributed by atoms with Crippen molar-refractivity contribution >= 4 is 10.9 Å². The minimum Gasteiger partial charge on any atom is -0.497 e. The second-order valence-electron chi connectivity index (χ2n) is 5.40. The smallest absolute Gasteiger partial charge is 0.223 e. The average Bonchev–Trinajstić information content (AvgIpc) is 2.96. The van der Waals surface area contributed by atoms with Gasteiger partial charge in [0, 0.05) is 35.1 Å². The van der Waals surface area contributed by atoms with Gasteiger partial charge in [0.15, 0.2) is 5.75 Å². The summed E-state index contributed by atoms with van der Waals surface area (Å²) in [4.78, 5) is 15.2. The highest BCUT2D eigenvalue weighted by atomic mass is 16.5. The predicted molar refractivity (Wildman–Crippen MR) is 90.4 cm³/mol. The van der Waals surface area contributed by atoms with Crippen LogP contribution in [-0.2, 0) is 6.54 Å². The lowest BCUT2D eigenvalue weighted by molar-refractivity contribution is 0.313. The van der Waals surface area contributed by atoms with Crippen LogP contribution >= 0.6 is 0 Å². The van der Waals surface area contributed by atoms with Crippen molar-refractivity contribution in [3.63, 3.8) is 0 Å². The summed E-state index contributed by atoms with van der Waals surface area (Å²) in [6, 6.07) is 9.58. The molecule has 2 aromatic heterocycles. The third kappa shape index (κ3) is 3.23. The minimum atomic E-state index is -0.0923. The molecule has 1 N–H and O–H groups in total. The van der Waals surface area contributed by atoms with Crippen LogP contribution in [0.5, 0.6) is 11.5 Å². The Hall–Kier alpha value is -2.69. The van der Waals surface area contributed by atoms with Gasteiger partial charge in [-0.3, -0.25) is 4.79 Å². The summed E-state index contributed by atoms with van der Waals surface area (Å²) in [5, 5.41) is 1.11. The summed E-state index contributed by atoms with van der Waals surface area (Å²) in [5.41, 5.74) is 1.84. The fourth-order valence-electron chi connectivity index (χ4n) is 2.54. The van der Waals surface area contributed by atoms with Crippen LogP contribution in [0.4, 0.5) is 0 Å². The molecule has 23 heavy (non-hydrogen) atoms. The quantitative estimate of drug-likeness (QED) is 0.760. The first-order valence-corrected chi connectivity index (χ1v) is 7.68. The van der Waals surface area contributed by atoms with Gasteiger partial charge in [-0.15, -0.1) is 0 Å². The van der Waals surface area contributed by atoms with E-state index in [0.29, 0.717) is 18.9 Å². The maximum atomic E-state index is 12.1. The van der Waals surface area contributed by atoms with E-state index in [0.717, 1.165) is 28.8 Å². The Labute approximate surface area is 134 Å². The van der Waals surface area contributed by atoms with Gasteiger partial charge < -0.3 is 19.0 Å². The van der Waals surface area contributed by atoms with Crippen LogP contribution in [-0.4, -0.2) is 23.3 Å². The topological polar surface area (TPSA) is 56.2 Å². The van der Waals surface area contributed by atoms with E-state index < -0.39 is 0 Å². The Bertz CT molecular complexity index is 864. The second kappa shape index (κ2) is 6.60. The van der Waals surface area contributed by atoms with Crippen molar-refractivity contribution in [2.24, 2.45) is 0 Å². The molecule has 3 rings (SSSR count). The number of aromatic nitrogens is 2. The van der Waals surface area contributed by atoms with Gasteiger partial charge in [0.05, 0.1) is 20.3 Å². The van der Waals surface area contributed by atoms with E-state index in [1.165, 1.54) is 0 Å².